The van der Waals surface area contributed by atoms with Crippen molar-refractivity contribution >= 4 is 25.5 Å². The first kappa shape index (κ1) is 20.8. The summed E-state index contributed by atoms with van der Waals surface area (Å²) in [5, 5.41) is 13.9. The number of hydrogen-bond donors (Lipinski definition) is 1. The third-order valence-corrected chi connectivity index (χ3v) is 6.25. The SMILES string of the molecule is Cn1ncc(C(=O)c2ccc(S(C)(=O)=O)c(-n3cccc3)c2CS(C)(=O)=O)c1O. The van der Waals surface area contributed by atoms with Gasteiger partial charge in [0.15, 0.2) is 25.5 Å². The molecule has 1 N–H and O–H groups in total. The highest BCUT2D eigenvalue weighted by Gasteiger charge is 2.28. The van der Waals surface area contributed by atoms with E-state index in [0.29, 0.717) is 0 Å². The van der Waals surface area contributed by atoms with Crippen molar-refractivity contribution in [2.24, 2.45) is 7.05 Å². The molecule has 0 unspecified atom stereocenters. The van der Waals surface area contributed by atoms with Crippen LogP contribution < -0.4 is 0 Å². The van der Waals surface area contributed by atoms with Gasteiger partial charge >= 0.3 is 0 Å². The van der Waals surface area contributed by atoms with Gasteiger partial charge in [-0.05, 0) is 24.3 Å². The molecule has 0 spiro atoms. The number of carbonyl (C=O) groups excluding carboxylic acids is 1. The Labute approximate surface area is 168 Å². The molecule has 0 atom stereocenters. The second-order valence-electron chi connectivity index (χ2n) is 6.71. The van der Waals surface area contributed by atoms with Gasteiger partial charge in [-0.15, -0.1) is 0 Å². The molecule has 0 amide bonds. The van der Waals surface area contributed by atoms with Crippen LogP contribution in [0.5, 0.6) is 5.88 Å². The van der Waals surface area contributed by atoms with E-state index in [0.717, 1.165) is 17.2 Å². The number of rotatable bonds is 6. The van der Waals surface area contributed by atoms with E-state index >= 15 is 0 Å². The highest BCUT2D eigenvalue weighted by atomic mass is 32.2. The Morgan fingerprint density at radius 3 is 2.17 bits per heavy atom. The predicted molar refractivity (Wildman–Crippen MR) is 106 cm³/mol. The van der Waals surface area contributed by atoms with Crippen molar-refractivity contribution in [2.75, 3.05) is 12.5 Å². The fraction of sp³-hybridized carbons (Fsp3) is 0.222. The van der Waals surface area contributed by atoms with E-state index in [2.05, 4.69) is 5.10 Å². The number of carbonyl (C=O) groups is 1. The number of aromatic nitrogens is 3. The van der Waals surface area contributed by atoms with Gasteiger partial charge in [0.05, 0.1) is 22.5 Å². The molecule has 154 valence electrons. The van der Waals surface area contributed by atoms with Crippen molar-refractivity contribution in [2.45, 2.75) is 10.6 Å². The van der Waals surface area contributed by atoms with Crippen molar-refractivity contribution < 1.29 is 26.7 Å². The molecule has 0 saturated carbocycles. The van der Waals surface area contributed by atoms with Crippen LogP contribution in [0, 0.1) is 0 Å². The molecule has 0 bridgehead atoms. The molecule has 3 rings (SSSR count). The fourth-order valence-electron chi connectivity index (χ4n) is 3.04. The number of benzene rings is 1. The van der Waals surface area contributed by atoms with Gasteiger partial charge in [0.1, 0.15) is 5.56 Å². The van der Waals surface area contributed by atoms with Crippen LogP contribution in [0.15, 0.2) is 47.8 Å². The highest BCUT2D eigenvalue weighted by molar-refractivity contribution is 7.91. The molecule has 1 aromatic carbocycles. The summed E-state index contributed by atoms with van der Waals surface area (Å²) in [7, 11) is -5.94. The molecule has 2 heterocycles. The average Bonchev–Trinajstić information content (AvgIpc) is 3.23. The number of aryl methyl sites for hydroxylation is 1. The summed E-state index contributed by atoms with van der Waals surface area (Å²) in [4.78, 5) is 13.0. The minimum atomic E-state index is -3.74. The standard InChI is InChI=1S/C18H19N3O6S2/c1-20-18(23)13(10-19-20)17(22)12-6-7-15(29(3,26)27)16(21-8-4-5-9-21)14(12)11-28(2,24)25/h4-10,23H,11H2,1-3H3. The summed E-state index contributed by atoms with van der Waals surface area (Å²) >= 11 is 0. The third kappa shape index (κ3) is 4.10. The largest absolute Gasteiger partial charge is 0.493 e. The first-order valence-corrected chi connectivity index (χ1v) is 12.3. The van der Waals surface area contributed by atoms with E-state index in [1.807, 2.05) is 0 Å². The van der Waals surface area contributed by atoms with E-state index in [4.69, 9.17) is 0 Å². The Morgan fingerprint density at radius 2 is 1.69 bits per heavy atom. The van der Waals surface area contributed by atoms with Crippen LogP contribution in [-0.2, 0) is 32.5 Å². The maximum absolute atomic E-state index is 13.1. The van der Waals surface area contributed by atoms with E-state index < -0.39 is 31.2 Å². The smallest absolute Gasteiger partial charge is 0.220 e. The van der Waals surface area contributed by atoms with E-state index in [1.54, 1.807) is 24.5 Å². The van der Waals surface area contributed by atoms with E-state index in [-0.39, 0.29) is 33.2 Å². The van der Waals surface area contributed by atoms with Crippen LogP contribution in [-0.4, -0.2) is 54.6 Å². The third-order valence-electron chi connectivity index (χ3n) is 4.31. The summed E-state index contributed by atoms with van der Waals surface area (Å²) in [5.41, 5.74) is -0.0420. The van der Waals surface area contributed by atoms with Gasteiger partial charge in [-0.3, -0.25) is 4.79 Å². The normalized spacial score (nSPS) is 12.2. The molecule has 0 aliphatic carbocycles. The van der Waals surface area contributed by atoms with Crippen LogP contribution in [0.4, 0.5) is 0 Å². The molecule has 11 heteroatoms. The first-order chi connectivity index (χ1) is 13.4. The number of nitrogens with zero attached hydrogens (tertiary/aromatic N) is 3. The molecule has 3 aromatic rings. The Kier molecular flexibility index (Phi) is 5.13. The Balaban J connectivity index is 2.40. The predicted octanol–water partition coefficient (Wildman–Crippen LogP) is 1.10. The molecular weight excluding hydrogens is 418 g/mol. The Bertz CT molecular complexity index is 1300. The summed E-state index contributed by atoms with van der Waals surface area (Å²) in [5.74, 6) is -1.61. The van der Waals surface area contributed by atoms with Gasteiger partial charge in [0, 0.05) is 43.1 Å². The maximum atomic E-state index is 13.1. The van der Waals surface area contributed by atoms with Crippen molar-refractivity contribution in [1.29, 1.82) is 0 Å². The summed E-state index contributed by atoms with van der Waals surface area (Å²) in [6, 6.07) is 5.82. The second kappa shape index (κ2) is 7.16. The molecule has 2 aromatic heterocycles. The lowest BCUT2D eigenvalue weighted by molar-refractivity contribution is 0.103. The van der Waals surface area contributed by atoms with Crippen molar-refractivity contribution in [1.82, 2.24) is 14.3 Å². The molecule has 9 nitrogen and oxygen atoms in total. The van der Waals surface area contributed by atoms with Gasteiger partial charge in [-0.1, -0.05) is 0 Å². The topological polar surface area (TPSA) is 128 Å². The number of aromatic hydroxyl groups is 1. The molecule has 0 aliphatic rings. The lowest BCUT2D eigenvalue weighted by Crippen LogP contribution is -2.16. The monoisotopic (exact) mass is 437 g/mol. The van der Waals surface area contributed by atoms with E-state index in [1.165, 1.54) is 29.9 Å². The lowest BCUT2D eigenvalue weighted by atomic mass is 9.99. The minimum absolute atomic E-state index is 0.0277. The van der Waals surface area contributed by atoms with Crippen LogP contribution in [0.2, 0.25) is 0 Å². The zero-order chi connectivity index (χ0) is 21.6. The fourth-order valence-corrected chi connectivity index (χ4v) is 4.75. The average molecular weight is 437 g/mol. The van der Waals surface area contributed by atoms with Crippen LogP contribution in [0.1, 0.15) is 21.5 Å². The Hall–Kier alpha value is -2.92. The molecular formula is C18H19N3O6S2. The van der Waals surface area contributed by atoms with Crippen LogP contribution in [0.3, 0.4) is 0 Å². The van der Waals surface area contributed by atoms with Gasteiger partial charge in [0.2, 0.25) is 5.88 Å². The molecule has 29 heavy (non-hydrogen) atoms. The highest BCUT2D eigenvalue weighted by Crippen LogP contribution is 2.31. The molecule has 0 fully saturated rings. The molecule has 0 saturated heterocycles. The summed E-state index contributed by atoms with van der Waals surface area (Å²) in [6.45, 7) is 0. The first-order valence-electron chi connectivity index (χ1n) is 8.33. The zero-order valence-corrected chi connectivity index (χ0v) is 17.5. The van der Waals surface area contributed by atoms with Crippen molar-refractivity contribution in [3.63, 3.8) is 0 Å². The van der Waals surface area contributed by atoms with Crippen LogP contribution in [0.25, 0.3) is 5.69 Å². The maximum Gasteiger partial charge on any atom is 0.220 e. The second-order valence-corrected chi connectivity index (χ2v) is 10.8. The lowest BCUT2D eigenvalue weighted by Gasteiger charge is -2.18. The van der Waals surface area contributed by atoms with Crippen molar-refractivity contribution in [3.05, 3.63) is 59.5 Å². The van der Waals surface area contributed by atoms with Crippen molar-refractivity contribution in [3.8, 4) is 11.6 Å². The minimum Gasteiger partial charge on any atom is -0.493 e. The number of sulfone groups is 2. The summed E-state index contributed by atoms with van der Waals surface area (Å²) < 4.78 is 51.6. The zero-order valence-electron chi connectivity index (χ0n) is 15.9. The Morgan fingerprint density at radius 1 is 1.07 bits per heavy atom. The van der Waals surface area contributed by atoms with E-state index in [9.17, 15) is 26.7 Å². The summed E-state index contributed by atoms with van der Waals surface area (Å²) in [6.07, 6.45) is 6.29. The van der Waals surface area contributed by atoms with Gasteiger partial charge < -0.3 is 9.67 Å². The number of ketones is 1. The van der Waals surface area contributed by atoms with Gasteiger partial charge in [-0.25, -0.2) is 21.5 Å². The van der Waals surface area contributed by atoms with Gasteiger partial charge in [-0.2, -0.15) is 5.10 Å². The molecule has 0 radical (unpaired) electrons. The van der Waals surface area contributed by atoms with Gasteiger partial charge in [0.25, 0.3) is 0 Å². The van der Waals surface area contributed by atoms with Crippen LogP contribution >= 0.6 is 0 Å². The number of hydrogen-bond acceptors (Lipinski definition) is 7. The quantitative estimate of drug-likeness (QED) is 0.572. The molecule has 0 aliphatic heterocycles.